The first-order chi connectivity index (χ1) is 9.86. The fourth-order valence-corrected chi connectivity index (χ4v) is 4.48. The molecule has 1 saturated carbocycles. The van der Waals surface area contributed by atoms with Gasteiger partial charge in [-0.3, -0.25) is 0 Å². The van der Waals surface area contributed by atoms with Gasteiger partial charge in [0, 0.05) is 11.1 Å². The Morgan fingerprint density at radius 1 is 1.33 bits per heavy atom. The summed E-state index contributed by atoms with van der Waals surface area (Å²) in [7, 11) is -3.56. The molecule has 0 heterocycles. The lowest BCUT2D eigenvalue weighted by molar-refractivity contribution is 0.350. The van der Waals surface area contributed by atoms with Crippen LogP contribution in [0.1, 0.15) is 43.7 Å². The summed E-state index contributed by atoms with van der Waals surface area (Å²) in [6.45, 7) is 3.49. The van der Waals surface area contributed by atoms with Crippen molar-refractivity contribution >= 4 is 10.0 Å². The normalized spacial score (nSPS) is 17.3. The zero-order chi connectivity index (χ0) is 15.5. The zero-order valence-electron chi connectivity index (χ0n) is 12.4. The molecule has 0 bridgehead atoms. The number of hydrogen-bond donors (Lipinski definition) is 2. The van der Waals surface area contributed by atoms with Gasteiger partial charge >= 0.3 is 0 Å². The molecule has 5 heteroatoms. The number of nitrogens with one attached hydrogen (secondary N) is 1. The van der Waals surface area contributed by atoms with Crippen LogP contribution in [-0.4, -0.2) is 25.7 Å². The van der Waals surface area contributed by atoms with Gasteiger partial charge in [-0.2, -0.15) is 0 Å². The molecular weight excluding hydrogens is 286 g/mol. The van der Waals surface area contributed by atoms with Gasteiger partial charge in [0.1, 0.15) is 6.61 Å². The van der Waals surface area contributed by atoms with Crippen molar-refractivity contribution in [1.82, 2.24) is 4.72 Å². The summed E-state index contributed by atoms with van der Waals surface area (Å²) in [6.07, 6.45) is 3.85. The number of rotatable bonds is 3. The molecule has 0 spiro atoms. The van der Waals surface area contributed by atoms with Gasteiger partial charge in [-0.15, -0.1) is 0 Å². The molecule has 2 N–H and O–H groups in total. The molecule has 0 amide bonds. The minimum Gasteiger partial charge on any atom is -0.384 e. The predicted molar refractivity (Wildman–Crippen MR) is 82.3 cm³/mol. The van der Waals surface area contributed by atoms with E-state index in [1.165, 1.54) is 0 Å². The largest absolute Gasteiger partial charge is 0.384 e. The SMILES string of the molecule is Cc1ccc(C#CCO)cc1S(=O)(=O)NC1(C)CCCC1. The van der Waals surface area contributed by atoms with E-state index in [1.807, 2.05) is 6.92 Å². The van der Waals surface area contributed by atoms with Gasteiger partial charge in [0.05, 0.1) is 4.90 Å². The summed E-state index contributed by atoms with van der Waals surface area (Å²) < 4.78 is 28.1. The van der Waals surface area contributed by atoms with Crippen molar-refractivity contribution in [3.8, 4) is 11.8 Å². The maximum Gasteiger partial charge on any atom is 0.241 e. The van der Waals surface area contributed by atoms with E-state index < -0.39 is 10.0 Å². The third-order valence-electron chi connectivity index (χ3n) is 3.88. The first kappa shape index (κ1) is 16.0. The van der Waals surface area contributed by atoms with Crippen LogP contribution in [0.4, 0.5) is 0 Å². The maximum atomic E-state index is 12.6. The van der Waals surface area contributed by atoms with E-state index in [0.29, 0.717) is 11.1 Å². The van der Waals surface area contributed by atoms with Crippen molar-refractivity contribution in [1.29, 1.82) is 0 Å². The van der Waals surface area contributed by atoms with Crippen molar-refractivity contribution in [3.63, 3.8) is 0 Å². The Hall–Kier alpha value is -1.35. The molecule has 0 unspecified atom stereocenters. The maximum absolute atomic E-state index is 12.6. The Morgan fingerprint density at radius 3 is 2.62 bits per heavy atom. The Balaban J connectivity index is 2.34. The van der Waals surface area contributed by atoms with E-state index in [4.69, 9.17) is 5.11 Å². The van der Waals surface area contributed by atoms with Gasteiger partial charge in [-0.05, 0) is 44.4 Å². The monoisotopic (exact) mass is 307 g/mol. The third kappa shape index (κ3) is 3.85. The summed E-state index contributed by atoms with van der Waals surface area (Å²) in [4.78, 5) is 0.264. The molecule has 2 rings (SSSR count). The number of sulfonamides is 1. The highest BCUT2D eigenvalue weighted by molar-refractivity contribution is 7.89. The van der Waals surface area contributed by atoms with E-state index in [-0.39, 0.29) is 17.0 Å². The minimum atomic E-state index is -3.56. The van der Waals surface area contributed by atoms with Gasteiger partial charge in [0.15, 0.2) is 0 Å². The van der Waals surface area contributed by atoms with Gasteiger partial charge in [0.25, 0.3) is 0 Å². The molecule has 21 heavy (non-hydrogen) atoms. The van der Waals surface area contributed by atoms with Gasteiger partial charge in [-0.25, -0.2) is 13.1 Å². The second-order valence-electron chi connectivity index (χ2n) is 5.81. The van der Waals surface area contributed by atoms with Crippen molar-refractivity contribution in [2.24, 2.45) is 0 Å². The molecule has 1 aromatic carbocycles. The number of aryl methyl sites for hydroxylation is 1. The first-order valence-corrected chi connectivity index (χ1v) is 8.59. The summed E-state index contributed by atoms with van der Waals surface area (Å²) in [5.74, 6) is 5.28. The molecule has 114 valence electrons. The van der Waals surface area contributed by atoms with Crippen LogP contribution in [-0.2, 0) is 10.0 Å². The lowest BCUT2D eigenvalue weighted by Crippen LogP contribution is -2.43. The molecule has 0 radical (unpaired) electrons. The van der Waals surface area contributed by atoms with E-state index in [1.54, 1.807) is 25.1 Å². The summed E-state index contributed by atoms with van der Waals surface area (Å²) in [5.41, 5.74) is 0.933. The lowest BCUT2D eigenvalue weighted by atomic mass is 10.0. The van der Waals surface area contributed by atoms with Crippen molar-refractivity contribution in [3.05, 3.63) is 29.3 Å². The topological polar surface area (TPSA) is 66.4 Å². The average Bonchev–Trinajstić information content (AvgIpc) is 2.83. The Bertz CT molecular complexity index is 677. The molecule has 0 aromatic heterocycles. The van der Waals surface area contributed by atoms with Gasteiger partial charge < -0.3 is 5.11 Å². The Morgan fingerprint density at radius 2 is 2.00 bits per heavy atom. The third-order valence-corrected chi connectivity index (χ3v) is 5.66. The lowest BCUT2D eigenvalue weighted by Gasteiger charge is -2.25. The van der Waals surface area contributed by atoms with E-state index in [9.17, 15) is 8.42 Å². The first-order valence-electron chi connectivity index (χ1n) is 7.11. The number of aliphatic hydroxyl groups is 1. The molecular formula is C16H21NO3S. The molecule has 1 aromatic rings. The highest BCUT2D eigenvalue weighted by atomic mass is 32.2. The number of hydrogen-bond acceptors (Lipinski definition) is 3. The summed E-state index contributed by atoms with van der Waals surface area (Å²) in [5, 5.41) is 8.73. The molecule has 0 atom stereocenters. The smallest absolute Gasteiger partial charge is 0.241 e. The molecule has 1 aliphatic rings. The van der Waals surface area contributed by atoms with Crippen molar-refractivity contribution in [2.75, 3.05) is 6.61 Å². The Labute approximate surface area is 126 Å². The van der Waals surface area contributed by atoms with Crippen molar-refractivity contribution < 1.29 is 13.5 Å². The average molecular weight is 307 g/mol. The second kappa shape index (κ2) is 6.18. The quantitative estimate of drug-likeness (QED) is 0.839. The van der Waals surface area contributed by atoms with Gasteiger partial charge in [0.2, 0.25) is 10.0 Å². The fourth-order valence-electron chi connectivity index (χ4n) is 2.75. The van der Waals surface area contributed by atoms with Crippen LogP contribution in [0.5, 0.6) is 0 Å². The fraction of sp³-hybridized carbons (Fsp3) is 0.500. The highest BCUT2D eigenvalue weighted by Gasteiger charge is 2.34. The van der Waals surface area contributed by atoms with E-state index in [0.717, 1.165) is 25.7 Å². The molecule has 0 aliphatic heterocycles. The standard InChI is InChI=1S/C16H21NO3S/c1-13-7-8-14(6-5-11-18)12-15(13)21(19,20)17-16(2)9-3-4-10-16/h7-8,12,17-18H,3-4,9-11H2,1-2H3. The van der Waals surface area contributed by atoms with E-state index in [2.05, 4.69) is 16.6 Å². The van der Waals surface area contributed by atoms with Crippen LogP contribution in [0.25, 0.3) is 0 Å². The minimum absolute atomic E-state index is 0.244. The molecule has 0 saturated heterocycles. The number of benzene rings is 1. The molecule has 1 aliphatic carbocycles. The van der Waals surface area contributed by atoms with Crippen LogP contribution in [0.2, 0.25) is 0 Å². The van der Waals surface area contributed by atoms with Crippen LogP contribution in [0, 0.1) is 18.8 Å². The number of aliphatic hydroxyl groups excluding tert-OH is 1. The summed E-state index contributed by atoms with van der Waals surface area (Å²) in [6, 6.07) is 5.07. The van der Waals surface area contributed by atoms with Crippen LogP contribution < -0.4 is 4.72 Å². The van der Waals surface area contributed by atoms with Gasteiger partial charge in [-0.1, -0.05) is 30.7 Å². The van der Waals surface area contributed by atoms with Crippen molar-refractivity contribution in [2.45, 2.75) is 50.0 Å². The molecule has 4 nitrogen and oxygen atoms in total. The Kier molecular flexibility index (Phi) is 4.72. The predicted octanol–water partition coefficient (Wildman–Crippen LogP) is 1.95. The van der Waals surface area contributed by atoms with Crippen LogP contribution >= 0.6 is 0 Å². The summed E-state index contributed by atoms with van der Waals surface area (Å²) >= 11 is 0. The zero-order valence-corrected chi connectivity index (χ0v) is 13.3. The van der Waals surface area contributed by atoms with Crippen LogP contribution in [0.15, 0.2) is 23.1 Å². The molecule has 1 fully saturated rings. The highest BCUT2D eigenvalue weighted by Crippen LogP contribution is 2.31. The second-order valence-corrected chi connectivity index (χ2v) is 7.46. The van der Waals surface area contributed by atoms with Crippen LogP contribution in [0.3, 0.4) is 0 Å². The van der Waals surface area contributed by atoms with E-state index >= 15 is 0 Å².